The molecule has 0 spiro atoms. The van der Waals surface area contributed by atoms with Crippen LogP contribution in [-0.2, 0) is 19.1 Å². The highest BCUT2D eigenvalue weighted by Crippen LogP contribution is 2.36. The third kappa shape index (κ3) is 7.04. The fourth-order valence-electron chi connectivity index (χ4n) is 2.50. The SMILES string of the molecule is CCOc1cc(/C=C/C(=O)OCC(=O)Nc2ccc(C(=O)OC)cc2)cc(Cl)c1OC. The van der Waals surface area contributed by atoms with E-state index in [1.54, 1.807) is 12.1 Å². The molecule has 0 atom stereocenters. The van der Waals surface area contributed by atoms with Crippen LogP contribution in [0.2, 0.25) is 5.02 Å². The lowest BCUT2D eigenvalue weighted by atomic mass is 10.2. The molecule has 31 heavy (non-hydrogen) atoms. The van der Waals surface area contributed by atoms with Crippen molar-refractivity contribution in [3.05, 3.63) is 58.6 Å². The van der Waals surface area contributed by atoms with E-state index in [9.17, 15) is 14.4 Å². The zero-order valence-corrected chi connectivity index (χ0v) is 18.0. The molecule has 0 saturated carbocycles. The van der Waals surface area contributed by atoms with Gasteiger partial charge in [-0.3, -0.25) is 4.79 Å². The van der Waals surface area contributed by atoms with Gasteiger partial charge >= 0.3 is 11.9 Å². The van der Waals surface area contributed by atoms with Gasteiger partial charge in [0.2, 0.25) is 0 Å². The Morgan fingerprint density at radius 2 is 1.81 bits per heavy atom. The summed E-state index contributed by atoms with van der Waals surface area (Å²) in [4.78, 5) is 35.3. The summed E-state index contributed by atoms with van der Waals surface area (Å²) in [6.07, 6.45) is 2.66. The average Bonchev–Trinajstić information content (AvgIpc) is 2.76. The van der Waals surface area contributed by atoms with E-state index in [1.807, 2.05) is 6.92 Å². The van der Waals surface area contributed by atoms with Crippen LogP contribution in [0.1, 0.15) is 22.8 Å². The van der Waals surface area contributed by atoms with Crippen molar-refractivity contribution in [1.29, 1.82) is 0 Å². The molecular weight excluding hydrogens is 426 g/mol. The van der Waals surface area contributed by atoms with Crippen molar-refractivity contribution < 1.29 is 33.3 Å². The standard InChI is InChI=1S/C22H22ClNO7/c1-4-30-18-12-14(11-17(23)21(18)28-2)5-10-20(26)31-13-19(25)24-16-8-6-15(7-9-16)22(27)29-3/h5-12H,4,13H2,1-3H3,(H,24,25)/b10-5+. The number of carbonyl (C=O) groups is 3. The average molecular weight is 448 g/mol. The topological polar surface area (TPSA) is 100 Å². The number of benzene rings is 2. The fraction of sp³-hybridized carbons (Fsp3) is 0.227. The van der Waals surface area contributed by atoms with Crippen molar-refractivity contribution in [3.63, 3.8) is 0 Å². The first-order valence-electron chi connectivity index (χ1n) is 9.21. The van der Waals surface area contributed by atoms with Crippen molar-refractivity contribution in [1.82, 2.24) is 0 Å². The van der Waals surface area contributed by atoms with Crippen LogP contribution < -0.4 is 14.8 Å². The molecule has 1 N–H and O–H groups in total. The number of esters is 2. The van der Waals surface area contributed by atoms with E-state index >= 15 is 0 Å². The van der Waals surface area contributed by atoms with Crippen molar-refractivity contribution in [2.75, 3.05) is 32.8 Å². The monoisotopic (exact) mass is 447 g/mol. The number of carbonyl (C=O) groups excluding carboxylic acids is 3. The largest absolute Gasteiger partial charge is 0.491 e. The first-order chi connectivity index (χ1) is 14.9. The van der Waals surface area contributed by atoms with Crippen molar-refractivity contribution in [2.45, 2.75) is 6.92 Å². The van der Waals surface area contributed by atoms with Crippen LogP contribution in [0.5, 0.6) is 11.5 Å². The molecule has 164 valence electrons. The molecule has 1 amide bonds. The Morgan fingerprint density at radius 3 is 2.42 bits per heavy atom. The molecule has 8 nitrogen and oxygen atoms in total. The Kier molecular flexibility index (Phi) is 8.90. The number of nitrogens with one attached hydrogen (secondary N) is 1. The highest BCUT2D eigenvalue weighted by molar-refractivity contribution is 6.32. The van der Waals surface area contributed by atoms with E-state index in [2.05, 4.69) is 10.1 Å². The number of amides is 1. The normalized spacial score (nSPS) is 10.5. The van der Waals surface area contributed by atoms with E-state index in [0.29, 0.717) is 39.9 Å². The lowest BCUT2D eigenvalue weighted by Gasteiger charge is -2.11. The van der Waals surface area contributed by atoms with Crippen LogP contribution in [0.15, 0.2) is 42.5 Å². The number of halogens is 1. The quantitative estimate of drug-likeness (QED) is 0.461. The lowest BCUT2D eigenvalue weighted by Crippen LogP contribution is -2.20. The van der Waals surface area contributed by atoms with Crippen LogP contribution in [0.4, 0.5) is 5.69 Å². The molecule has 0 radical (unpaired) electrons. The van der Waals surface area contributed by atoms with Crippen LogP contribution in [0, 0.1) is 0 Å². The predicted octanol–water partition coefficient (Wildman–Crippen LogP) is 3.73. The lowest BCUT2D eigenvalue weighted by molar-refractivity contribution is -0.142. The first-order valence-corrected chi connectivity index (χ1v) is 9.59. The highest BCUT2D eigenvalue weighted by atomic mass is 35.5. The number of anilines is 1. The smallest absolute Gasteiger partial charge is 0.337 e. The van der Waals surface area contributed by atoms with Crippen LogP contribution in [0.3, 0.4) is 0 Å². The summed E-state index contributed by atoms with van der Waals surface area (Å²) >= 11 is 6.17. The van der Waals surface area contributed by atoms with Gasteiger partial charge in [-0.2, -0.15) is 0 Å². The maximum atomic E-state index is 11.9. The van der Waals surface area contributed by atoms with Crippen LogP contribution in [0.25, 0.3) is 6.08 Å². The third-order valence-electron chi connectivity index (χ3n) is 3.88. The van der Waals surface area contributed by atoms with Gasteiger partial charge in [0.05, 0.1) is 31.4 Å². The Morgan fingerprint density at radius 1 is 1.10 bits per heavy atom. The number of hydrogen-bond donors (Lipinski definition) is 1. The van der Waals surface area contributed by atoms with E-state index in [0.717, 1.165) is 0 Å². The summed E-state index contributed by atoms with van der Waals surface area (Å²) in [6.45, 7) is 1.77. The zero-order chi connectivity index (χ0) is 22.8. The second-order valence-corrected chi connectivity index (χ2v) is 6.43. The first kappa shape index (κ1) is 23.8. The number of ether oxygens (including phenoxy) is 4. The minimum atomic E-state index is -0.707. The second kappa shape index (κ2) is 11.6. The molecule has 0 bridgehead atoms. The van der Waals surface area contributed by atoms with Gasteiger partial charge in [0, 0.05) is 11.8 Å². The van der Waals surface area contributed by atoms with Gasteiger partial charge in [0.25, 0.3) is 5.91 Å². The molecule has 0 aliphatic rings. The molecule has 0 fully saturated rings. The van der Waals surface area contributed by atoms with Crippen molar-refractivity contribution >= 4 is 41.2 Å². The number of hydrogen-bond acceptors (Lipinski definition) is 7. The van der Waals surface area contributed by atoms with Crippen molar-refractivity contribution in [2.24, 2.45) is 0 Å². The Labute approximate surface area is 184 Å². The van der Waals surface area contributed by atoms with Crippen LogP contribution in [-0.4, -0.2) is 45.3 Å². The Hall–Kier alpha value is -3.52. The van der Waals surface area contributed by atoms with Gasteiger partial charge in [-0.1, -0.05) is 11.6 Å². The maximum Gasteiger partial charge on any atom is 0.337 e. The summed E-state index contributed by atoms with van der Waals surface area (Å²) in [5.41, 5.74) is 1.39. The summed E-state index contributed by atoms with van der Waals surface area (Å²) in [5.74, 6) is -0.868. The van der Waals surface area contributed by atoms with Gasteiger partial charge in [-0.05, 0) is 55.0 Å². The Bertz CT molecular complexity index is 971. The summed E-state index contributed by atoms with van der Waals surface area (Å²) in [7, 11) is 2.76. The molecule has 0 aliphatic carbocycles. The van der Waals surface area contributed by atoms with E-state index in [-0.39, 0.29) is 0 Å². The molecule has 2 aromatic rings. The van der Waals surface area contributed by atoms with Crippen molar-refractivity contribution in [3.8, 4) is 11.5 Å². The predicted molar refractivity (Wildman–Crippen MR) is 116 cm³/mol. The molecule has 9 heteroatoms. The summed E-state index contributed by atoms with van der Waals surface area (Å²) < 4.78 is 20.2. The number of rotatable bonds is 9. The van der Waals surface area contributed by atoms with Gasteiger partial charge < -0.3 is 24.3 Å². The van der Waals surface area contributed by atoms with Gasteiger partial charge in [-0.15, -0.1) is 0 Å². The second-order valence-electron chi connectivity index (χ2n) is 6.03. The Balaban J connectivity index is 1.90. The van der Waals surface area contributed by atoms with E-state index in [4.69, 9.17) is 25.8 Å². The van der Waals surface area contributed by atoms with E-state index < -0.39 is 24.5 Å². The molecule has 2 rings (SSSR count). The molecule has 2 aromatic carbocycles. The minimum Gasteiger partial charge on any atom is -0.491 e. The number of methoxy groups -OCH3 is 2. The minimum absolute atomic E-state index is 0.332. The summed E-state index contributed by atoms with van der Waals surface area (Å²) in [6, 6.07) is 9.37. The third-order valence-corrected chi connectivity index (χ3v) is 4.16. The van der Waals surface area contributed by atoms with E-state index in [1.165, 1.54) is 50.6 Å². The molecule has 0 unspecified atom stereocenters. The zero-order valence-electron chi connectivity index (χ0n) is 17.3. The van der Waals surface area contributed by atoms with Gasteiger partial charge in [-0.25, -0.2) is 9.59 Å². The maximum absolute atomic E-state index is 11.9. The fourth-order valence-corrected chi connectivity index (χ4v) is 2.80. The highest BCUT2D eigenvalue weighted by Gasteiger charge is 2.11. The van der Waals surface area contributed by atoms with Gasteiger partial charge in [0.1, 0.15) is 0 Å². The molecule has 0 aromatic heterocycles. The molecule has 0 heterocycles. The van der Waals surface area contributed by atoms with Gasteiger partial charge in [0.15, 0.2) is 18.1 Å². The van der Waals surface area contributed by atoms with Crippen LogP contribution >= 0.6 is 11.6 Å². The molecular formula is C22H22ClNO7. The molecule has 0 aliphatic heterocycles. The molecule has 0 saturated heterocycles. The summed E-state index contributed by atoms with van der Waals surface area (Å²) in [5, 5.41) is 2.89.